The van der Waals surface area contributed by atoms with E-state index < -0.39 is 11.9 Å². The van der Waals surface area contributed by atoms with Gasteiger partial charge in [0.1, 0.15) is 11.4 Å². The highest BCUT2D eigenvalue weighted by Gasteiger charge is 2.34. The van der Waals surface area contributed by atoms with Gasteiger partial charge in [-0.3, -0.25) is 4.99 Å². The molecule has 2 N–H and O–H groups in total. The van der Waals surface area contributed by atoms with Crippen molar-refractivity contribution in [3.8, 4) is 5.75 Å². The number of aliphatic imine (C=N–C) groups is 1. The van der Waals surface area contributed by atoms with Crippen molar-refractivity contribution in [2.45, 2.75) is 44.5 Å². The number of hydrogen-bond acceptors (Lipinski definition) is 4. The van der Waals surface area contributed by atoms with Crippen LogP contribution in [0.15, 0.2) is 34.6 Å². The fourth-order valence-electron chi connectivity index (χ4n) is 3.13. The maximum atomic E-state index is 12.6. The minimum atomic E-state index is -4.40. The molecule has 1 aliphatic rings. The molecule has 0 radical (unpaired) electrons. The Hall–Kier alpha value is -1.56. The van der Waals surface area contributed by atoms with Crippen molar-refractivity contribution < 1.29 is 17.9 Å². The number of fused-ring (bicyclic) bond motifs is 1. The van der Waals surface area contributed by atoms with E-state index in [-0.39, 0.29) is 35.6 Å². The normalized spacial score (nSPS) is 18.3. The molecular formula is C19H24F3IN4OS. The molecule has 0 spiro atoms. The molecule has 2 heterocycles. The summed E-state index contributed by atoms with van der Waals surface area (Å²) >= 11 is 1.01. The minimum absolute atomic E-state index is 0. The standard InChI is InChI=1S/C19H23F3N4OS.HI/c1-18(2)10-13(12-6-4-5-7-14(12)27-18)25-17(23-3)24-9-8-16-26-15(11-28-16)19(20,21)22;/h4-7,11,13H,8-10H2,1-3H3,(H2,23,24,25);1H. The Morgan fingerprint density at radius 2 is 2.07 bits per heavy atom. The lowest BCUT2D eigenvalue weighted by molar-refractivity contribution is -0.140. The van der Waals surface area contributed by atoms with Gasteiger partial charge in [0.05, 0.1) is 11.0 Å². The number of ether oxygens (including phenoxy) is 1. The number of guanidine groups is 1. The Labute approximate surface area is 189 Å². The zero-order valence-corrected chi connectivity index (χ0v) is 19.5. The van der Waals surface area contributed by atoms with Gasteiger partial charge in [-0.25, -0.2) is 4.98 Å². The number of hydrogen-bond donors (Lipinski definition) is 2. The monoisotopic (exact) mass is 540 g/mol. The van der Waals surface area contributed by atoms with Crippen LogP contribution in [0.3, 0.4) is 0 Å². The predicted octanol–water partition coefficient (Wildman–Crippen LogP) is 4.79. The van der Waals surface area contributed by atoms with Crippen molar-refractivity contribution in [3.05, 3.63) is 45.9 Å². The Kier molecular flexibility index (Phi) is 7.77. The molecule has 1 aromatic heterocycles. The van der Waals surface area contributed by atoms with E-state index in [1.54, 1.807) is 7.05 Å². The summed E-state index contributed by atoms with van der Waals surface area (Å²) in [4.78, 5) is 7.88. The number of benzene rings is 1. The highest BCUT2D eigenvalue weighted by molar-refractivity contribution is 14.0. The van der Waals surface area contributed by atoms with Gasteiger partial charge in [0.2, 0.25) is 0 Å². The summed E-state index contributed by atoms with van der Waals surface area (Å²) in [6.45, 7) is 4.50. The van der Waals surface area contributed by atoms with Crippen LogP contribution in [-0.2, 0) is 12.6 Å². The van der Waals surface area contributed by atoms with Crippen LogP contribution in [0.5, 0.6) is 5.75 Å². The summed E-state index contributed by atoms with van der Waals surface area (Å²) in [5.41, 5.74) is -0.102. The van der Waals surface area contributed by atoms with Crippen LogP contribution in [-0.4, -0.2) is 30.1 Å². The lowest BCUT2D eigenvalue weighted by Gasteiger charge is -2.38. The number of alkyl halides is 3. The SMILES string of the molecule is CN=C(NCCc1nc(C(F)(F)F)cs1)NC1CC(C)(C)Oc2ccccc21.I. The third-order valence-corrected chi connectivity index (χ3v) is 5.29. The summed E-state index contributed by atoms with van der Waals surface area (Å²) in [7, 11) is 1.66. The van der Waals surface area contributed by atoms with Gasteiger partial charge in [-0.2, -0.15) is 13.2 Å². The lowest BCUT2D eigenvalue weighted by atomic mass is 9.90. The number of para-hydroxylation sites is 1. The number of nitrogens with zero attached hydrogens (tertiary/aromatic N) is 2. The molecule has 1 aliphatic heterocycles. The van der Waals surface area contributed by atoms with Gasteiger partial charge in [-0.1, -0.05) is 18.2 Å². The maximum absolute atomic E-state index is 12.6. The summed E-state index contributed by atoms with van der Waals surface area (Å²) in [6, 6.07) is 7.88. The van der Waals surface area contributed by atoms with Crippen LogP contribution >= 0.6 is 35.3 Å². The third-order valence-electron chi connectivity index (χ3n) is 4.38. The van der Waals surface area contributed by atoms with Crippen molar-refractivity contribution in [3.63, 3.8) is 0 Å². The molecule has 5 nitrogen and oxygen atoms in total. The summed E-state index contributed by atoms with van der Waals surface area (Å²) in [6.07, 6.45) is -3.26. The molecule has 3 rings (SSSR count). The first-order valence-electron chi connectivity index (χ1n) is 8.95. The summed E-state index contributed by atoms with van der Waals surface area (Å²) in [5.74, 6) is 1.43. The van der Waals surface area contributed by atoms with Crippen LogP contribution in [0.25, 0.3) is 0 Å². The number of nitrogens with one attached hydrogen (secondary N) is 2. The van der Waals surface area contributed by atoms with Crippen LogP contribution in [0.1, 0.15) is 42.6 Å². The fraction of sp³-hybridized carbons (Fsp3) is 0.474. The average Bonchev–Trinajstić information content (AvgIpc) is 3.09. The molecule has 0 bridgehead atoms. The Morgan fingerprint density at radius 1 is 1.34 bits per heavy atom. The van der Waals surface area contributed by atoms with E-state index in [0.717, 1.165) is 34.5 Å². The van der Waals surface area contributed by atoms with Gasteiger partial charge in [0.25, 0.3) is 0 Å². The van der Waals surface area contributed by atoms with Crippen LogP contribution in [0.4, 0.5) is 13.2 Å². The van der Waals surface area contributed by atoms with Gasteiger partial charge < -0.3 is 15.4 Å². The van der Waals surface area contributed by atoms with E-state index in [1.165, 1.54) is 0 Å². The highest BCUT2D eigenvalue weighted by atomic mass is 127. The van der Waals surface area contributed by atoms with Crippen molar-refractivity contribution >= 4 is 41.3 Å². The van der Waals surface area contributed by atoms with Gasteiger partial charge in [-0.05, 0) is 19.9 Å². The first-order chi connectivity index (χ1) is 13.2. The predicted molar refractivity (Wildman–Crippen MR) is 119 cm³/mol. The zero-order chi connectivity index (χ0) is 20.4. The van der Waals surface area contributed by atoms with Gasteiger partial charge in [0, 0.05) is 37.4 Å². The molecule has 1 aromatic carbocycles. The summed E-state index contributed by atoms with van der Waals surface area (Å²) in [5, 5.41) is 8.03. The average molecular weight is 540 g/mol. The van der Waals surface area contributed by atoms with Gasteiger partial charge >= 0.3 is 6.18 Å². The molecule has 160 valence electrons. The third kappa shape index (κ3) is 6.21. The smallest absolute Gasteiger partial charge is 0.434 e. The zero-order valence-electron chi connectivity index (χ0n) is 16.3. The lowest BCUT2D eigenvalue weighted by Crippen LogP contribution is -2.45. The Balaban J connectivity index is 0.00000300. The van der Waals surface area contributed by atoms with E-state index in [4.69, 9.17) is 4.74 Å². The first kappa shape index (κ1) is 23.7. The molecular weight excluding hydrogens is 516 g/mol. The molecule has 1 unspecified atom stereocenters. The molecule has 0 saturated heterocycles. The van der Waals surface area contributed by atoms with Crippen molar-refractivity contribution in [1.82, 2.24) is 15.6 Å². The quantitative estimate of drug-likeness (QED) is 0.333. The van der Waals surface area contributed by atoms with Gasteiger partial charge in [-0.15, -0.1) is 35.3 Å². The molecule has 0 amide bonds. The molecule has 0 aliphatic carbocycles. The van der Waals surface area contributed by atoms with Crippen LogP contribution in [0.2, 0.25) is 0 Å². The first-order valence-corrected chi connectivity index (χ1v) is 9.82. The number of halogens is 4. The maximum Gasteiger partial charge on any atom is 0.434 e. The Bertz CT molecular complexity index is 854. The number of thiazole rings is 1. The molecule has 2 aromatic rings. The van der Waals surface area contributed by atoms with Crippen LogP contribution in [0, 0.1) is 0 Å². The molecule has 1 atom stereocenters. The molecule has 0 saturated carbocycles. The van der Waals surface area contributed by atoms with E-state index in [1.807, 2.05) is 38.1 Å². The largest absolute Gasteiger partial charge is 0.487 e. The number of rotatable bonds is 4. The van der Waals surface area contributed by atoms with Crippen LogP contribution < -0.4 is 15.4 Å². The van der Waals surface area contributed by atoms with Crippen molar-refractivity contribution in [1.29, 1.82) is 0 Å². The van der Waals surface area contributed by atoms with E-state index >= 15 is 0 Å². The van der Waals surface area contributed by atoms with Crippen molar-refractivity contribution in [2.75, 3.05) is 13.6 Å². The molecule has 10 heteroatoms. The second-order valence-corrected chi connectivity index (χ2v) is 8.12. The van der Waals surface area contributed by atoms with E-state index in [9.17, 15) is 13.2 Å². The van der Waals surface area contributed by atoms with Gasteiger partial charge in [0.15, 0.2) is 11.7 Å². The van der Waals surface area contributed by atoms with E-state index in [0.29, 0.717) is 23.9 Å². The minimum Gasteiger partial charge on any atom is -0.487 e. The van der Waals surface area contributed by atoms with Crippen molar-refractivity contribution in [2.24, 2.45) is 4.99 Å². The molecule has 0 fully saturated rings. The Morgan fingerprint density at radius 3 is 2.72 bits per heavy atom. The fourth-order valence-corrected chi connectivity index (χ4v) is 3.94. The second kappa shape index (κ2) is 9.50. The highest BCUT2D eigenvalue weighted by Crippen LogP contribution is 2.39. The second-order valence-electron chi connectivity index (χ2n) is 7.17. The summed E-state index contributed by atoms with van der Waals surface area (Å²) < 4.78 is 44.0. The number of aromatic nitrogens is 1. The molecule has 29 heavy (non-hydrogen) atoms. The topological polar surface area (TPSA) is 58.5 Å². The van der Waals surface area contributed by atoms with E-state index in [2.05, 4.69) is 20.6 Å².